The van der Waals surface area contributed by atoms with Crippen LogP contribution in [0.25, 0.3) is 0 Å². The van der Waals surface area contributed by atoms with Crippen molar-refractivity contribution in [3.8, 4) is 11.5 Å². The molecule has 1 aromatic carbocycles. The van der Waals surface area contributed by atoms with Gasteiger partial charge in [-0.05, 0) is 18.6 Å². The SMILES string of the molecule is COc1cccc(OC)c1CC(=O)N1CCC(C(=O)O)(C(F)(F)F)C1. The minimum Gasteiger partial charge on any atom is -0.496 e. The lowest BCUT2D eigenvalue weighted by molar-refractivity contribution is -0.227. The Morgan fingerprint density at radius 2 is 1.80 bits per heavy atom. The van der Waals surface area contributed by atoms with Gasteiger partial charge in [-0.15, -0.1) is 0 Å². The van der Waals surface area contributed by atoms with E-state index in [-0.39, 0.29) is 13.0 Å². The minimum atomic E-state index is -4.93. The third-order valence-electron chi connectivity index (χ3n) is 4.43. The lowest BCUT2D eigenvalue weighted by Gasteiger charge is -2.27. The lowest BCUT2D eigenvalue weighted by atomic mass is 9.86. The zero-order chi connectivity index (χ0) is 18.8. The first-order chi connectivity index (χ1) is 11.7. The van der Waals surface area contributed by atoms with Gasteiger partial charge < -0.3 is 19.5 Å². The van der Waals surface area contributed by atoms with Gasteiger partial charge in [-0.3, -0.25) is 9.59 Å². The number of amides is 1. The molecule has 1 unspecified atom stereocenters. The smallest absolute Gasteiger partial charge is 0.406 e. The fraction of sp³-hybridized carbons (Fsp3) is 0.500. The molecule has 9 heteroatoms. The summed E-state index contributed by atoms with van der Waals surface area (Å²) in [5.41, 5.74) is -2.52. The Hall–Kier alpha value is -2.45. The minimum absolute atomic E-state index is 0.249. The van der Waals surface area contributed by atoms with E-state index in [4.69, 9.17) is 14.6 Å². The van der Waals surface area contributed by atoms with Crippen LogP contribution in [0.3, 0.4) is 0 Å². The first-order valence-corrected chi connectivity index (χ1v) is 7.44. The molecular formula is C16H18F3NO5. The van der Waals surface area contributed by atoms with Crippen LogP contribution in [0.5, 0.6) is 11.5 Å². The normalized spacial score (nSPS) is 20.4. The molecule has 1 aliphatic rings. The summed E-state index contributed by atoms with van der Waals surface area (Å²) in [6, 6.07) is 4.86. The van der Waals surface area contributed by atoms with Crippen LogP contribution >= 0.6 is 0 Å². The average molecular weight is 361 g/mol. The van der Waals surface area contributed by atoms with Crippen molar-refractivity contribution in [3.63, 3.8) is 0 Å². The summed E-state index contributed by atoms with van der Waals surface area (Å²) in [7, 11) is 2.80. The van der Waals surface area contributed by atoms with Crippen LogP contribution in [-0.4, -0.2) is 55.4 Å². The van der Waals surface area contributed by atoms with E-state index in [9.17, 15) is 22.8 Å². The highest BCUT2D eigenvalue weighted by atomic mass is 19.4. The van der Waals surface area contributed by atoms with Crippen LogP contribution in [0, 0.1) is 5.41 Å². The van der Waals surface area contributed by atoms with Crippen molar-refractivity contribution in [3.05, 3.63) is 23.8 Å². The third kappa shape index (κ3) is 3.35. The summed E-state index contributed by atoms with van der Waals surface area (Å²) in [6.07, 6.45) is -5.85. The number of nitrogens with zero attached hydrogens (tertiary/aromatic N) is 1. The van der Waals surface area contributed by atoms with Gasteiger partial charge in [0.1, 0.15) is 11.5 Å². The van der Waals surface area contributed by atoms with Crippen LogP contribution in [0.15, 0.2) is 18.2 Å². The van der Waals surface area contributed by atoms with E-state index >= 15 is 0 Å². The number of likely N-dealkylation sites (tertiary alicyclic amines) is 1. The summed E-state index contributed by atoms with van der Waals surface area (Å²) in [5, 5.41) is 9.06. The molecule has 1 atom stereocenters. The number of alkyl halides is 3. The quantitative estimate of drug-likeness (QED) is 0.869. The standard InChI is InChI=1S/C16H18F3NO5/c1-24-11-4-3-5-12(25-2)10(11)8-13(21)20-7-6-15(9-20,14(22)23)16(17,18)19/h3-5H,6-9H2,1-2H3,(H,22,23). The summed E-state index contributed by atoms with van der Waals surface area (Å²) in [6.45, 7) is -1.18. The molecule has 1 heterocycles. The Morgan fingerprint density at radius 1 is 1.24 bits per heavy atom. The largest absolute Gasteiger partial charge is 0.496 e. The number of carbonyl (C=O) groups is 2. The monoisotopic (exact) mass is 361 g/mol. The van der Waals surface area contributed by atoms with Crippen molar-refractivity contribution in [1.29, 1.82) is 0 Å². The molecule has 2 rings (SSSR count). The molecule has 138 valence electrons. The van der Waals surface area contributed by atoms with Crippen molar-refractivity contribution in [2.45, 2.75) is 19.0 Å². The molecule has 25 heavy (non-hydrogen) atoms. The number of carboxylic acids is 1. The van der Waals surface area contributed by atoms with Gasteiger partial charge in [-0.1, -0.05) is 6.07 Å². The van der Waals surface area contributed by atoms with Crippen LogP contribution in [0.1, 0.15) is 12.0 Å². The molecule has 0 aliphatic carbocycles. The van der Waals surface area contributed by atoms with E-state index in [1.165, 1.54) is 14.2 Å². The van der Waals surface area contributed by atoms with Crippen LogP contribution in [0.4, 0.5) is 13.2 Å². The van der Waals surface area contributed by atoms with Crippen molar-refractivity contribution in [2.24, 2.45) is 5.41 Å². The second kappa shape index (κ2) is 6.81. The highest BCUT2D eigenvalue weighted by molar-refractivity contribution is 5.83. The molecule has 1 saturated heterocycles. The first kappa shape index (κ1) is 18.9. The molecule has 0 spiro atoms. The van der Waals surface area contributed by atoms with Gasteiger partial charge in [0, 0.05) is 18.7 Å². The second-order valence-corrected chi connectivity index (χ2v) is 5.77. The zero-order valence-corrected chi connectivity index (χ0v) is 13.7. The summed E-state index contributed by atoms with van der Waals surface area (Å²) < 4.78 is 49.9. The van der Waals surface area contributed by atoms with Crippen LogP contribution in [0.2, 0.25) is 0 Å². The van der Waals surface area contributed by atoms with Gasteiger partial charge in [0.15, 0.2) is 5.41 Å². The van der Waals surface area contributed by atoms with E-state index in [2.05, 4.69) is 0 Å². The Balaban J connectivity index is 2.23. The average Bonchev–Trinajstić information content (AvgIpc) is 3.01. The van der Waals surface area contributed by atoms with E-state index in [1.54, 1.807) is 18.2 Å². The van der Waals surface area contributed by atoms with Gasteiger partial charge in [0.05, 0.1) is 20.6 Å². The van der Waals surface area contributed by atoms with Crippen LogP contribution < -0.4 is 9.47 Å². The molecule has 1 N–H and O–H groups in total. The van der Waals surface area contributed by atoms with Gasteiger partial charge >= 0.3 is 12.1 Å². The van der Waals surface area contributed by atoms with Crippen LogP contribution in [-0.2, 0) is 16.0 Å². The van der Waals surface area contributed by atoms with Gasteiger partial charge in [-0.2, -0.15) is 13.2 Å². The summed E-state index contributed by atoms with van der Waals surface area (Å²) in [5.74, 6) is -1.85. The number of hydrogen-bond donors (Lipinski definition) is 1. The number of hydrogen-bond acceptors (Lipinski definition) is 4. The highest BCUT2D eigenvalue weighted by Crippen LogP contribution is 2.46. The van der Waals surface area contributed by atoms with Gasteiger partial charge in [-0.25, -0.2) is 0 Å². The first-order valence-electron chi connectivity index (χ1n) is 7.44. The number of methoxy groups -OCH3 is 2. The van der Waals surface area contributed by atoms with E-state index in [0.29, 0.717) is 17.1 Å². The maximum atomic E-state index is 13.2. The zero-order valence-electron chi connectivity index (χ0n) is 13.7. The third-order valence-corrected chi connectivity index (χ3v) is 4.43. The highest BCUT2D eigenvalue weighted by Gasteiger charge is 2.64. The maximum Gasteiger partial charge on any atom is 0.406 e. The second-order valence-electron chi connectivity index (χ2n) is 5.77. The number of ether oxygens (including phenoxy) is 2. The summed E-state index contributed by atoms with van der Waals surface area (Å²) >= 11 is 0. The maximum absolute atomic E-state index is 13.2. The van der Waals surface area contributed by atoms with E-state index in [1.807, 2.05) is 0 Å². The molecule has 0 bridgehead atoms. The fourth-order valence-corrected chi connectivity index (χ4v) is 2.92. The topological polar surface area (TPSA) is 76.1 Å². The molecule has 0 aromatic heterocycles. The van der Waals surface area contributed by atoms with Gasteiger partial charge in [0.2, 0.25) is 5.91 Å². The molecule has 0 radical (unpaired) electrons. The van der Waals surface area contributed by atoms with Gasteiger partial charge in [0.25, 0.3) is 0 Å². The van der Waals surface area contributed by atoms with Crippen molar-refractivity contribution >= 4 is 11.9 Å². The number of benzene rings is 1. The predicted octanol–water partition coefficient (Wildman–Crippen LogP) is 2.11. The molecule has 1 aromatic rings. The lowest BCUT2D eigenvalue weighted by Crippen LogP contribution is -2.47. The molecule has 0 saturated carbocycles. The predicted molar refractivity (Wildman–Crippen MR) is 80.6 cm³/mol. The van der Waals surface area contributed by atoms with E-state index in [0.717, 1.165) is 4.90 Å². The van der Waals surface area contributed by atoms with Crippen molar-refractivity contribution in [2.75, 3.05) is 27.3 Å². The van der Waals surface area contributed by atoms with Crippen molar-refractivity contribution in [1.82, 2.24) is 4.90 Å². The Labute approximate surface area is 142 Å². The molecule has 6 nitrogen and oxygen atoms in total. The Morgan fingerprint density at radius 3 is 2.20 bits per heavy atom. The number of rotatable bonds is 5. The number of aliphatic carboxylic acids is 1. The molecule has 1 amide bonds. The van der Waals surface area contributed by atoms with Crippen molar-refractivity contribution < 1.29 is 37.3 Å². The molecule has 1 aliphatic heterocycles. The Bertz CT molecular complexity index is 654. The molecule has 1 fully saturated rings. The molecular weight excluding hydrogens is 343 g/mol. The number of halogens is 3. The number of carboxylic acid groups (broad SMARTS) is 1. The Kier molecular flexibility index (Phi) is 5.15. The summed E-state index contributed by atoms with van der Waals surface area (Å²) in [4.78, 5) is 24.6. The number of carbonyl (C=O) groups excluding carboxylic acids is 1. The fourth-order valence-electron chi connectivity index (χ4n) is 2.92. The van der Waals surface area contributed by atoms with E-state index < -0.39 is 36.4 Å².